The molecule has 0 aliphatic carbocycles. The lowest BCUT2D eigenvalue weighted by atomic mass is 9.93. The number of benzene rings is 2. The highest BCUT2D eigenvalue weighted by molar-refractivity contribution is 5.44. The van der Waals surface area contributed by atoms with Crippen LogP contribution in [0.3, 0.4) is 0 Å². The van der Waals surface area contributed by atoms with Gasteiger partial charge in [-0.3, -0.25) is 0 Å². The summed E-state index contributed by atoms with van der Waals surface area (Å²) in [4.78, 5) is 0. The van der Waals surface area contributed by atoms with Crippen LogP contribution in [-0.2, 0) is 6.61 Å². The number of fused-ring (bicyclic) bond motifs is 1. The molecular formula is C17H18FNO2. The molecule has 1 aliphatic heterocycles. The second-order valence-corrected chi connectivity index (χ2v) is 5.19. The van der Waals surface area contributed by atoms with Gasteiger partial charge in [0.2, 0.25) is 0 Å². The topological polar surface area (TPSA) is 44.5 Å². The van der Waals surface area contributed by atoms with Crippen molar-refractivity contribution in [1.29, 1.82) is 0 Å². The maximum atomic E-state index is 13.1. The van der Waals surface area contributed by atoms with Gasteiger partial charge >= 0.3 is 0 Å². The first-order valence-electron chi connectivity index (χ1n) is 7.10. The Morgan fingerprint density at radius 1 is 1.24 bits per heavy atom. The van der Waals surface area contributed by atoms with Crippen LogP contribution in [-0.4, -0.2) is 13.2 Å². The number of nitrogens with two attached hydrogens (primary N) is 1. The van der Waals surface area contributed by atoms with Crippen LogP contribution in [0.15, 0.2) is 42.5 Å². The fourth-order valence-electron chi connectivity index (χ4n) is 2.57. The maximum absolute atomic E-state index is 13.1. The van der Waals surface area contributed by atoms with Gasteiger partial charge in [-0.25, -0.2) is 4.39 Å². The molecule has 2 aromatic rings. The van der Waals surface area contributed by atoms with Gasteiger partial charge in [-0.1, -0.05) is 18.2 Å². The highest BCUT2D eigenvalue weighted by Crippen LogP contribution is 2.35. The third kappa shape index (κ3) is 3.16. The molecule has 0 spiro atoms. The van der Waals surface area contributed by atoms with E-state index in [1.54, 1.807) is 6.07 Å². The van der Waals surface area contributed by atoms with Gasteiger partial charge in [0.15, 0.2) is 0 Å². The molecular weight excluding hydrogens is 269 g/mol. The highest BCUT2D eigenvalue weighted by Gasteiger charge is 2.20. The van der Waals surface area contributed by atoms with Crippen LogP contribution in [0.4, 0.5) is 4.39 Å². The lowest BCUT2D eigenvalue weighted by Crippen LogP contribution is -2.20. The van der Waals surface area contributed by atoms with E-state index in [9.17, 15) is 4.39 Å². The van der Waals surface area contributed by atoms with Gasteiger partial charge in [0.05, 0.1) is 6.61 Å². The van der Waals surface area contributed by atoms with Crippen LogP contribution in [0.25, 0.3) is 0 Å². The van der Waals surface area contributed by atoms with Gasteiger partial charge in [-0.15, -0.1) is 0 Å². The summed E-state index contributed by atoms with van der Waals surface area (Å²) in [5.41, 5.74) is 7.72. The SMILES string of the molecule is NCC1CCOc2cc(OCc3cccc(F)c3)ccc21. The van der Waals surface area contributed by atoms with Crippen LogP contribution < -0.4 is 15.2 Å². The number of ether oxygens (including phenoxy) is 2. The third-order valence-corrected chi connectivity index (χ3v) is 3.73. The standard InChI is InChI=1S/C17H18FNO2/c18-14-3-1-2-12(8-14)11-21-15-4-5-16-13(10-19)6-7-20-17(16)9-15/h1-5,8-9,13H,6-7,10-11,19H2. The Hall–Kier alpha value is -2.07. The summed E-state index contributed by atoms with van der Waals surface area (Å²) >= 11 is 0. The predicted octanol–water partition coefficient (Wildman–Crippen LogP) is 3.23. The summed E-state index contributed by atoms with van der Waals surface area (Å²) in [6.07, 6.45) is 0.951. The van der Waals surface area contributed by atoms with Crippen molar-refractivity contribution < 1.29 is 13.9 Å². The molecule has 1 atom stereocenters. The number of hydrogen-bond donors (Lipinski definition) is 1. The molecule has 0 fully saturated rings. The van der Waals surface area contributed by atoms with Crippen LogP contribution in [0.1, 0.15) is 23.5 Å². The van der Waals surface area contributed by atoms with Crippen molar-refractivity contribution in [3.8, 4) is 11.5 Å². The van der Waals surface area contributed by atoms with Gasteiger partial charge in [-0.2, -0.15) is 0 Å². The first kappa shape index (κ1) is 13.9. The van der Waals surface area contributed by atoms with E-state index in [0.717, 1.165) is 29.0 Å². The van der Waals surface area contributed by atoms with Gasteiger partial charge in [0, 0.05) is 12.0 Å². The zero-order valence-corrected chi connectivity index (χ0v) is 11.7. The molecule has 3 rings (SSSR count). The lowest BCUT2D eigenvalue weighted by Gasteiger charge is -2.25. The Morgan fingerprint density at radius 2 is 2.14 bits per heavy atom. The molecule has 0 radical (unpaired) electrons. The summed E-state index contributed by atoms with van der Waals surface area (Å²) < 4.78 is 24.5. The Bertz CT molecular complexity index is 630. The quantitative estimate of drug-likeness (QED) is 0.939. The van der Waals surface area contributed by atoms with Crippen LogP contribution >= 0.6 is 0 Å². The fraction of sp³-hybridized carbons (Fsp3) is 0.294. The number of hydrogen-bond acceptors (Lipinski definition) is 3. The van der Waals surface area contributed by atoms with Crippen LogP contribution in [0.5, 0.6) is 11.5 Å². The van der Waals surface area contributed by atoms with Gasteiger partial charge in [0.25, 0.3) is 0 Å². The van der Waals surface area contributed by atoms with E-state index in [4.69, 9.17) is 15.2 Å². The highest BCUT2D eigenvalue weighted by atomic mass is 19.1. The summed E-state index contributed by atoms with van der Waals surface area (Å²) in [6, 6.07) is 12.2. The molecule has 1 heterocycles. The second kappa shape index (κ2) is 6.14. The van der Waals surface area contributed by atoms with Crippen LogP contribution in [0.2, 0.25) is 0 Å². The van der Waals surface area contributed by atoms with E-state index >= 15 is 0 Å². The average Bonchev–Trinajstić information content (AvgIpc) is 2.52. The van der Waals surface area contributed by atoms with E-state index in [-0.39, 0.29) is 5.82 Å². The minimum atomic E-state index is -0.254. The smallest absolute Gasteiger partial charge is 0.126 e. The molecule has 0 saturated carbocycles. The molecule has 110 valence electrons. The zero-order valence-electron chi connectivity index (χ0n) is 11.7. The van der Waals surface area contributed by atoms with E-state index in [1.807, 2.05) is 24.3 Å². The van der Waals surface area contributed by atoms with Gasteiger partial charge in [-0.05, 0) is 42.3 Å². The Kier molecular flexibility index (Phi) is 4.06. The van der Waals surface area contributed by atoms with E-state index in [2.05, 4.69) is 0 Å². The first-order valence-corrected chi connectivity index (χ1v) is 7.10. The largest absolute Gasteiger partial charge is 0.493 e. The number of halogens is 1. The van der Waals surface area contributed by atoms with Gasteiger partial charge < -0.3 is 15.2 Å². The Morgan fingerprint density at radius 3 is 2.95 bits per heavy atom. The summed E-state index contributed by atoms with van der Waals surface area (Å²) in [5.74, 6) is 1.66. The number of rotatable bonds is 4. The molecule has 2 N–H and O–H groups in total. The van der Waals surface area contributed by atoms with Crippen LogP contribution in [0, 0.1) is 5.82 Å². The molecule has 1 aliphatic rings. The van der Waals surface area contributed by atoms with E-state index in [1.165, 1.54) is 12.1 Å². The molecule has 0 amide bonds. The van der Waals surface area contributed by atoms with Crippen molar-refractivity contribution in [3.63, 3.8) is 0 Å². The van der Waals surface area contributed by atoms with E-state index in [0.29, 0.717) is 25.7 Å². The minimum absolute atomic E-state index is 0.254. The summed E-state index contributed by atoms with van der Waals surface area (Å²) in [6.45, 7) is 1.64. The molecule has 0 aromatic heterocycles. The van der Waals surface area contributed by atoms with E-state index < -0.39 is 0 Å². The molecule has 3 nitrogen and oxygen atoms in total. The third-order valence-electron chi connectivity index (χ3n) is 3.73. The lowest BCUT2D eigenvalue weighted by molar-refractivity contribution is 0.262. The fourth-order valence-corrected chi connectivity index (χ4v) is 2.57. The van der Waals surface area contributed by atoms with Crippen molar-refractivity contribution in [2.75, 3.05) is 13.2 Å². The molecule has 1 unspecified atom stereocenters. The molecule has 0 saturated heterocycles. The van der Waals surface area contributed by atoms with Crippen molar-refractivity contribution in [2.24, 2.45) is 5.73 Å². The minimum Gasteiger partial charge on any atom is -0.493 e. The molecule has 0 bridgehead atoms. The maximum Gasteiger partial charge on any atom is 0.126 e. The summed E-state index contributed by atoms with van der Waals surface area (Å²) in [5, 5.41) is 0. The molecule has 2 aromatic carbocycles. The average molecular weight is 287 g/mol. The summed E-state index contributed by atoms with van der Waals surface area (Å²) in [7, 11) is 0. The molecule has 4 heteroatoms. The Labute approximate surface area is 123 Å². The van der Waals surface area contributed by atoms with Crippen molar-refractivity contribution in [1.82, 2.24) is 0 Å². The second-order valence-electron chi connectivity index (χ2n) is 5.19. The monoisotopic (exact) mass is 287 g/mol. The van der Waals surface area contributed by atoms with Crippen molar-refractivity contribution in [2.45, 2.75) is 18.9 Å². The normalized spacial score (nSPS) is 17.0. The zero-order chi connectivity index (χ0) is 14.7. The van der Waals surface area contributed by atoms with Crippen molar-refractivity contribution in [3.05, 3.63) is 59.4 Å². The molecule has 21 heavy (non-hydrogen) atoms. The van der Waals surface area contributed by atoms with Gasteiger partial charge in [0.1, 0.15) is 23.9 Å². The van der Waals surface area contributed by atoms with Crippen molar-refractivity contribution >= 4 is 0 Å². The first-order chi connectivity index (χ1) is 10.3. The predicted molar refractivity (Wildman–Crippen MR) is 79.1 cm³/mol. The Balaban J connectivity index is 1.72.